The molecule has 0 atom stereocenters. The first kappa shape index (κ1) is 13.9. The number of nitro groups is 1. The molecule has 0 bridgehead atoms. The zero-order valence-electron chi connectivity index (χ0n) is 11.4. The van der Waals surface area contributed by atoms with Crippen LogP contribution in [0.2, 0.25) is 0 Å². The van der Waals surface area contributed by atoms with Crippen LogP contribution in [0.3, 0.4) is 0 Å². The minimum Gasteiger partial charge on any atom is -0.335 e. The third-order valence-corrected chi connectivity index (χ3v) is 3.83. The highest BCUT2D eigenvalue weighted by atomic mass is 16.6. The summed E-state index contributed by atoms with van der Waals surface area (Å²) < 4.78 is 0. The van der Waals surface area contributed by atoms with Gasteiger partial charge in [0.25, 0.3) is 17.5 Å². The average Bonchev–Trinajstić information content (AvgIpc) is 2.70. The van der Waals surface area contributed by atoms with E-state index in [0.29, 0.717) is 0 Å². The molecule has 3 rings (SSSR count). The number of nitrogens with zero attached hydrogens (tertiary/aromatic N) is 3. The van der Waals surface area contributed by atoms with Crippen LogP contribution in [0.5, 0.6) is 0 Å². The second-order valence-electron chi connectivity index (χ2n) is 5.04. The van der Waals surface area contributed by atoms with E-state index in [1.807, 2.05) is 0 Å². The van der Waals surface area contributed by atoms with Gasteiger partial charge in [0.2, 0.25) is 5.91 Å². The number of fused-ring (bicyclic) bond motifs is 1. The molecule has 1 saturated heterocycles. The topological polar surface area (TPSA) is 101 Å². The Bertz CT molecular complexity index is 736. The number of hydrogen-bond donors (Lipinski definition) is 0. The van der Waals surface area contributed by atoms with Crippen LogP contribution in [0, 0.1) is 10.1 Å². The molecule has 1 fully saturated rings. The first-order chi connectivity index (χ1) is 10.5. The fourth-order valence-electron chi connectivity index (χ4n) is 2.70. The Morgan fingerprint density at radius 1 is 1.32 bits per heavy atom. The number of imide groups is 1. The maximum Gasteiger partial charge on any atom is 0.282 e. The van der Waals surface area contributed by atoms with E-state index in [9.17, 15) is 24.5 Å². The molecule has 2 heterocycles. The second-order valence-corrected chi connectivity index (χ2v) is 5.04. The Balaban J connectivity index is 1.89. The lowest BCUT2D eigenvalue weighted by molar-refractivity contribution is -0.385. The predicted molar refractivity (Wildman–Crippen MR) is 74.2 cm³/mol. The summed E-state index contributed by atoms with van der Waals surface area (Å²) in [6, 6.07) is 3.51. The standard InChI is InChI=1S/C14H11N3O5/c1-2-11(18)15-6-8(7-15)16-13(19)9-4-3-5-10(17(21)22)12(9)14(16)20/h2-5,8H,1,6-7H2. The molecule has 8 heteroatoms. The maximum atomic E-state index is 12.4. The Morgan fingerprint density at radius 2 is 2.00 bits per heavy atom. The van der Waals surface area contributed by atoms with E-state index in [1.54, 1.807) is 0 Å². The smallest absolute Gasteiger partial charge is 0.282 e. The van der Waals surface area contributed by atoms with Crippen LogP contribution in [-0.4, -0.2) is 51.6 Å². The van der Waals surface area contributed by atoms with Crippen molar-refractivity contribution in [1.82, 2.24) is 9.80 Å². The molecule has 112 valence electrons. The summed E-state index contributed by atoms with van der Waals surface area (Å²) in [5.41, 5.74) is -0.518. The molecule has 0 N–H and O–H groups in total. The molecular formula is C14H11N3O5. The molecule has 3 amide bonds. The highest BCUT2D eigenvalue weighted by molar-refractivity contribution is 6.23. The molecule has 22 heavy (non-hydrogen) atoms. The van der Waals surface area contributed by atoms with Crippen molar-refractivity contribution < 1.29 is 19.3 Å². The Kier molecular flexibility index (Phi) is 3.01. The average molecular weight is 301 g/mol. The van der Waals surface area contributed by atoms with Gasteiger partial charge in [0, 0.05) is 19.2 Å². The molecular weight excluding hydrogens is 290 g/mol. The van der Waals surface area contributed by atoms with Gasteiger partial charge in [-0.15, -0.1) is 0 Å². The number of carbonyl (C=O) groups is 3. The maximum absolute atomic E-state index is 12.4. The highest BCUT2D eigenvalue weighted by Gasteiger charge is 2.47. The van der Waals surface area contributed by atoms with Crippen molar-refractivity contribution in [2.75, 3.05) is 13.1 Å². The minimum absolute atomic E-state index is 0.0349. The molecule has 2 aliphatic rings. The predicted octanol–water partition coefficient (Wildman–Crippen LogP) is 0.588. The van der Waals surface area contributed by atoms with Gasteiger partial charge in [-0.1, -0.05) is 12.6 Å². The van der Waals surface area contributed by atoms with Crippen LogP contribution in [0.1, 0.15) is 20.7 Å². The zero-order valence-corrected chi connectivity index (χ0v) is 11.4. The minimum atomic E-state index is -0.679. The van der Waals surface area contributed by atoms with Crippen molar-refractivity contribution in [3.8, 4) is 0 Å². The summed E-state index contributed by atoms with van der Waals surface area (Å²) in [6.07, 6.45) is 1.16. The molecule has 0 spiro atoms. The van der Waals surface area contributed by atoms with E-state index in [0.717, 1.165) is 11.0 Å². The quantitative estimate of drug-likeness (QED) is 0.352. The first-order valence-corrected chi connectivity index (χ1v) is 6.52. The second kappa shape index (κ2) is 4.76. The summed E-state index contributed by atoms with van der Waals surface area (Å²) in [4.78, 5) is 48.9. The van der Waals surface area contributed by atoms with Crippen LogP contribution in [-0.2, 0) is 4.79 Å². The van der Waals surface area contributed by atoms with Crippen molar-refractivity contribution in [1.29, 1.82) is 0 Å². The Hall–Kier alpha value is -3.03. The normalized spacial score (nSPS) is 17.3. The van der Waals surface area contributed by atoms with Crippen molar-refractivity contribution in [2.24, 2.45) is 0 Å². The SMILES string of the molecule is C=CC(=O)N1CC(N2C(=O)c3cccc([N+](=O)[O-])c3C2=O)C1. The lowest BCUT2D eigenvalue weighted by Crippen LogP contribution is -2.62. The van der Waals surface area contributed by atoms with Gasteiger partial charge in [0.15, 0.2) is 0 Å². The first-order valence-electron chi connectivity index (χ1n) is 6.52. The number of nitro benzene ring substituents is 1. The summed E-state index contributed by atoms with van der Waals surface area (Å²) in [7, 11) is 0. The van der Waals surface area contributed by atoms with Gasteiger partial charge in [-0.05, 0) is 12.1 Å². The van der Waals surface area contributed by atoms with E-state index in [4.69, 9.17) is 0 Å². The van der Waals surface area contributed by atoms with Crippen LogP contribution in [0.25, 0.3) is 0 Å². The van der Waals surface area contributed by atoms with Crippen LogP contribution in [0.4, 0.5) is 5.69 Å². The van der Waals surface area contributed by atoms with Gasteiger partial charge in [-0.3, -0.25) is 29.4 Å². The molecule has 0 radical (unpaired) electrons. The van der Waals surface area contributed by atoms with E-state index < -0.39 is 22.8 Å². The number of carbonyl (C=O) groups excluding carboxylic acids is 3. The van der Waals surface area contributed by atoms with Gasteiger partial charge in [-0.2, -0.15) is 0 Å². The molecule has 1 aromatic carbocycles. The number of amides is 3. The van der Waals surface area contributed by atoms with Gasteiger partial charge in [0.1, 0.15) is 5.56 Å². The summed E-state index contributed by atoms with van der Waals surface area (Å²) in [5.74, 6) is -1.51. The Morgan fingerprint density at radius 3 is 2.59 bits per heavy atom. The summed E-state index contributed by atoms with van der Waals surface area (Å²) >= 11 is 0. The molecule has 0 unspecified atom stereocenters. The fraction of sp³-hybridized carbons (Fsp3) is 0.214. The van der Waals surface area contributed by atoms with E-state index in [1.165, 1.54) is 23.1 Å². The van der Waals surface area contributed by atoms with Crippen molar-refractivity contribution in [3.63, 3.8) is 0 Å². The van der Waals surface area contributed by atoms with E-state index >= 15 is 0 Å². The zero-order chi connectivity index (χ0) is 16.0. The van der Waals surface area contributed by atoms with Crippen molar-refractivity contribution in [2.45, 2.75) is 6.04 Å². The van der Waals surface area contributed by atoms with Gasteiger partial charge in [0.05, 0.1) is 16.5 Å². The van der Waals surface area contributed by atoms with Crippen LogP contribution >= 0.6 is 0 Å². The molecule has 2 aliphatic heterocycles. The monoisotopic (exact) mass is 301 g/mol. The van der Waals surface area contributed by atoms with E-state index in [2.05, 4.69) is 6.58 Å². The molecule has 0 aliphatic carbocycles. The summed E-state index contributed by atoms with van der Waals surface area (Å²) in [5, 5.41) is 11.0. The highest BCUT2D eigenvalue weighted by Crippen LogP contribution is 2.33. The van der Waals surface area contributed by atoms with Gasteiger partial charge in [-0.25, -0.2) is 0 Å². The number of likely N-dealkylation sites (tertiary alicyclic amines) is 1. The molecule has 0 saturated carbocycles. The molecule has 0 aromatic heterocycles. The van der Waals surface area contributed by atoms with Gasteiger partial charge >= 0.3 is 0 Å². The number of rotatable bonds is 3. The Labute approximate surface area is 124 Å². The largest absolute Gasteiger partial charge is 0.335 e. The molecule has 1 aromatic rings. The third-order valence-electron chi connectivity index (χ3n) is 3.83. The fourth-order valence-corrected chi connectivity index (χ4v) is 2.70. The lowest BCUT2D eigenvalue weighted by Gasteiger charge is -2.42. The summed E-state index contributed by atoms with van der Waals surface area (Å²) in [6.45, 7) is 3.79. The van der Waals surface area contributed by atoms with Crippen molar-refractivity contribution >= 4 is 23.4 Å². The van der Waals surface area contributed by atoms with Crippen LogP contribution < -0.4 is 0 Å². The number of hydrogen-bond acceptors (Lipinski definition) is 5. The lowest BCUT2D eigenvalue weighted by atomic mass is 10.1. The van der Waals surface area contributed by atoms with Crippen molar-refractivity contribution in [3.05, 3.63) is 52.1 Å². The number of benzene rings is 1. The van der Waals surface area contributed by atoms with Gasteiger partial charge < -0.3 is 4.90 Å². The van der Waals surface area contributed by atoms with Crippen LogP contribution in [0.15, 0.2) is 30.9 Å². The molecule has 8 nitrogen and oxygen atoms in total. The third kappa shape index (κ3) is 1.80. The van der Waals surface area contributed by atoms with E-state index in [-0.39, 0.29) is 35.8 Å².